The summed E-state index contributed by atoms with van der Waals surface area (Å²) in [4.78, 5) is 2.01. The molecule has 0 heterocycles. The van der Waals surface area contributed by atoms with Crippen LogP contribution in [0.1, 0.15) is 156 Å². The largest absolute Gasteiger partial charge is 1.00 e. The van der Waals surface area contributed by atoms with Gasteiger partial charge in [-0.3, -0.25) is 0 Å². The SMILES string of the molecule is CCOCC.CCOCC.CCOCC.CCOCC.Cc1cc(C)c([O-])c(C[NH+](Cc2cc(C)cc(C)c2[O-])Cc2cc(C)cc(C)c2[O-])c1.Cc1cc(C)c([O-])c(C[NH+](Cc2cc(C)cc(C)c2[O-])Cc2cc(C)cc(C)c2[O-])c1.[Na+].[Na+].[Na+].[Na+].[Na+].[Na+]. The first kappa shape index (κ1) is 98.9. The van der Waals surface area contributed by atoms with Crippen molar-refractivity contribution in [1.29, 1.82) is 0 Å². The molecule has 12 nitrogen and oxygen atoms in total. The van der Waals surface area contributed by atoms with Crippen molar-refractivity contribution in [3.63, 3.8) is 0 Å². The third kappa shape index (κ3) is 37.8. The maximum Gasteiger partial charge on any atom is 1.00 e. The second kappa shape index (κ2) is 55.1. The van der Waals surface area contributed by atoms with Crippen LogP contribution in [0.5, 0.6) is 34.5 Å². The summed E-state index contributed by atoms with van der Waals surface area (Å²) in [6.07, 6.45) is 0. The molecule has 456 valence electrons. The second-order valence-corrected chi connectivity index (χ2v) is 21.1. The van der Waals surface area contributed by atoms with E-state index in [1.165, 1.54) is 0 Å². The minimum atomic E-state index is 0. The van der Waals surface area contributed by atoms with Gasteiger partial charge in [-0.2, -0.15) is 0 Å². The van der Waals surface area contributed by atoms with E-state index in [1.54, 1.807) is 0 Å². The van der Waals surface area contributed by atoms with Crippen molar-refractivity contribution in [3.05, 3.63) is 173 Å². The molecule has 0 fully saturated rings. The Bertz CT molecular complexity index is 2360. The third-order valence-corrected chi connectivity index (χ3v) is 13.3. The van der Waals surface area contributed by atoms with Gasteiger partial charge in [-0.05, 0) is 172 Å². The zero-order valence-electron chi connectivity index (χ0n) is 59.9. The number of rotatable bonds is 20. The first-order valence-electron chi connectivity index (χ1n) is 29.4. The van der Waals surface area contributed by atoms with Crippen LogP contribution in [0.25, 0.3) is 0 Å². The fraction of sp³-hybridized carbons (Fsp3) is 0.486. The average molecular weight is 1270 g/mol. The van der Waals surface area contributed by atoms with Gasteiger partial charge in [0.1, 0.15) is 39.3 Å². The van der Waals surface area contributed by atoms with E-state index in [1.807, 2.05) is 211 Å². The average Bonchev–Trinajstić information content (AvgIpc) is 3.42. The normalized spacial score (nSPS) is 9.89. The number of hydrogen-bond acceptors (Lipinski definition) is 10. The predicted octanol–water partition coefficient (Wildman–Crippen LogP) is -8.72. The first-order chi connectivity index (χ1) is 38.7. The summed E-state index contributed by atoms with van der Waals surface area (Å²) in [7, 11) is 0. The molecule has 0 saturated heterocycles. The Morgan fingerprint density at radius 3 is 0.432 bits per heavy atom. The predicted molar refractivity (Wildman–Crippen MR) is 325 cm³/mol. The molecule has 2 N–H and O–H groups in total. The summed E-state index contributed by atoms with van der Waals surface area (Å²) in [5, 5.41) is 76.6. The quantitative estimate of drug-likeness (QED) is 0.0697. The fourth-order valence-corrected chi connectivity index (χ4v) is 9.85. The van der Waals surface area contributed by atoms with Crippen LogP contribution >= 0.6 is 0 Å². The van der Waals surface area contributed by atoms with Gasteiger partial charge >= 0.3 is 177 Å². The second-order valence-electron chi connectivity index (χ2n) is 21.1. The van der Waals surface area contributed by atoms with Crippen LogP contribution in [0.15, 0.2) is 72.8 Å². The van der Waals surface area contributed by atoms with Crippen molar-refractivity contribution >= 4 is 0 Å². The molecule has 6 aromatic rings. The molecule has 0 radical (unpaired) electrons. The van der Waals surface area contributed by atoms with Crippen molar-refractivity contribution in [2.75, 3.05) is 52.9 Å². The number of hydrogen-bond donors (Lipinski definition) is 2. The van der Waals surface area contributed by atoms with Crippen LogP contribution in [-0.2, 0) is 58.2 Å². The minimum Gasteiger partial charge on any atom is -0.872 e. The van der Waals surface area contributed by atoms with Crippen LogP contribution in [0, 0.1) is 83.1 Å². The van der Waals surface area contributed by atoms with Crippen molar-refractivity contribution < 1.29 is 237 Å². The molecular weight excluding hydrogens is 1170 g/mol. The fourth-order valence-electron chi connectivity index (χ4n) is 9.85. The summed E-state index contributed by atoms with van der Waals surface area (Å²) >= 11 is 0. The maximum absolute atomic E-state index is 12.8. The van der Waals surface area contributed by atoms with Gasteiger partial charge in [0.2, 0.25) is 0 Å². The molecular formula is C70H102N2Na6O10+2. The van der Waals surface area contributed by atoms with Gasteiger partial charge < -0.3 is 59.4 Å². The van der Waals surface area contributed by atoms with Crippen LogP contribution < -0.4 is 218 Å². The minimum absolute atomic E-state index is 0. The number of nitrogens with one attached hydrogen (secondary N) is 2. The van der Waals surface area contributed by atoms with E-state index in [2.05, 4.69) is 0 Å². The molecule has 0 bridgehead atoms. The Balaban J connectivity index is -0.000000277. The molecule has 0 aliphatic carbocycles. The van der Waals surface area contributed by atoms with Gasteiger partial charge in [-0.25, -0.2) is 0 Å². The van der Waals surface area contributed by atoms with E-state index in [0.717, 1.165) is 163 Å². The van der Waals surface area contributed by atoms with Crippen LogP contribution in [0.3, 0.4) is 0 Å². The molecule has 0 spiro atoms. The monoisotopic (exact) mass is 1270 g/mol. The summed E-state index contributed by atoms with van der Waals surface area (Å²) in [6, 6.07) is 22.9. The van der Waals surface area contributed by atoms with Gasteiger partial charge in [0.05, 0.1) is 0 Å². The molecule has 88 heavy (non-hydrogen) atoms. The standard InChI is InChI=1S/2C27H33NO3.4C4H10O.6Na/c2*1-16-7-19(4)25(29)22(10-16)13-28(14-23-11-17(2)8-20(5)26(23)30)15-24-12-18(3)9-21(6)27(24)31;4*1-3-5-4-2;;;;;;/h2*7-12,29-31H,13-15H2,1-6H3;4*3-4H2,1-2H3;;;;;;/q;;;;;;6*+1/p-4. The Kier molecular flexibility index (Phi) is 61.9. The van der Waals surface area contributed by atoms with Gasteiger partial charge in [0.25, 0.3) is 0 Å². The summed E-state index contributed by atoms with van der Waals surface area (Å²) in [5.74, 6) is 0.215. The zero-order chi connectivity index (χ0) is 62.2. The molecule has 0 aliphatic rings. The smallest absolute Gasteiger partial charge is 0.872 e. The Hall–Kier alpha value is -0.120. The van der Waals surface area contributed by atoms with Gasteiger partial charge in [0, 0.05) is 52.9 Å². The molecule has 0 aromatic heterocycles. The Morgan fingerprint density at radius 1 is 0.227 bits per heavy atom. The van der Waals surface area contributed by atoms with Crippen LogP contribution in [0.2, 0.25) is 0 Å². The van der Waals surface area contributed by atoms with E-state index in [9.17, 15) is 30.6 Å². The topological polar surface area (TPSA) is 184 Å². The summed E-state index contributed by atoms with van der Waals surface area (Å²) in [6.45, 7) is 48.3. The maximum atomic E-state index is 12.8. The Labute approximate surface area is 665 Å². The molecule has 0 unspecified atom stereocenters. The van der Waals surface area contributed by atoms with Gasteiger partial charge in [0.15, 0.2) is 0 Å². The molecule has 0 aliphatic heterocycles. The van der Waals surface area contributed by atoms with E-state index in [4.69, 9.17) is 18.9 Å². The van der Waals surface area contributed by atoms with Crippen molar-refractivity contribution in [2.24, 2.45) is 0 Å². The summed E-state index contributed by atoms with van der Waals surface area (Å²) in [5.41, 5.74) is 14.9. The number of ether oxygens (including phenoxy) is 4. The third-order valence-electron chi connectivity index (χ3n) is 13.3. The number of quaternary nitrogens is 2. The first-order valence-corrected chi connectivity index (χ1v) is 29.4. The molecule has 0 amide bonds. The van der Waals surface area contributed by atoms with Crippen LogP contribution in [0.4, 0.5) is 0 Å². The zero-order valence-corrected chi connectivity index (χ0v) is 71.9. The Morgan fingerprint density at radius 2 is 0.341 bits per heavy atom. The molecule has 18 heteroatoms. The molecule has 0 atom stereocenters. The molecule has 0 saturated carbocycles. The van der Waals surface area contributed by atoms with Crippen LogP contribution in [-0.4, -0.2) is 52.9 Å². The summed E-state index contributed by atoms with van der Waals surface area (Å²) < 4.78 is 19.3. The molecule has 6 rings (SSSR count). The van der Waals surface area contributed by atoms with E-state index >= 15 is 0 Å². The van der Waals surface area contributed by atoms with Crippen molar-refractivity contribution in [2.45, 2.75) is 178 Å². The van der Waals surface area contributed by atoms with Crippen molar-refractivity contribution in [1.82, 2.24) is 0 Å². The van der Waals surface area contributed by atoms with E-state index < -0.39 is 0 Å². The van der Waals surface area contributed by atoms with Gasteiger partial charge in [-0.15, -0.1) is 0 Å². The molecule has 6 aromatic carbocycles. The van der Waals surface area contributed by atoms with E-state index in [0.29, 0.717) is 39.3 Å². The number of aryl methyl sites for hydroxylation is 12. The van der Waals surface area contributed by atoms with E-state index in [-0.39, 0.29) is 212 Å². The van der Waals surface area contributed by atoms with Gasteiger partial charge in [-0.1, -0.05) is 174 Å². The van der Waals surface area contributed by atoms with Crippen molar-refractivity contribution in [3.8, 4) is 34.5 Å². The number of benzene rings is 6.